The number of allylic oxidation sites excluding steroid dienone is 1. The van der Waals surface area contributed by atoms with Gasteiger partial charge in [0.1, 0.15) is 22.7 Å². The second-order valence-electron chi connectivity index (χ2n) is 10.5. The van der Waals surface area contributed by atoms with Crippen LogP contribution in [0.15, 0.2) is 63.6 Å². The smallest absolute Gasteiger partial charge is 0.262 e. The Morgan fingerprint density at radius 2 is 1.91 bits per heavy atom. The van der Waals surface area contributed by atoms with Gasteiger partial charge in [0.2, 0.25) is 0 Å². The van der Waals surface area contributed by atoms with Crippen LogP contribution in [0.1, 0.15) is 52.1 Å². The number of aromatic nitrogens is 1. The molecule has 1 atom stereocenters. The molecule has 1 aromatic heterocycles. The van der Waals surface area contributed by atoms with Crippen molar-refractivity contribution in [2.75, 3.05) is 38.2 Å². The lowest BCUT2D eigenvalue weighted by Gasteiger charge is -2.29. The maximum absolute atomic E-state index is 14.9. The molecule has 1 unspecified atom stereocenters. The van der Waals surface area contributed by atoms with Crippen molar-refractivity contribution in [3.8, 4) is 0 Å². The second-order valence-corrected chi connectivity index (χ2v) is 11.3. The van der Waals surface area contributed by atoms with Crippen molar-refractivity contribution >= 4 is 46.8 Å². The number of benzene rings is 2. The maximum Gasteiger partial charge on any atom is 0.262 e. The predicted molar refractivity (Wildman–Crippen MR) is 167 cm³/mol. The standard InChI is InChI=1S/C31H31Cl2FN6O4/c1-17-5-6-19-14-22(31(43)39-27(19)38-28(17)40-9-11-44-12-10-40)30(42)37-26-15-21(24(34)16-23(26)33)29(41)36-25(7-8-35)18-3-2-4-20(32)13-18/h2-4,6,13-16,25H,5,7-12,35H2,1H3,(H,36,41)(H,37,42)(H,38,39,43). The Kier molecular flexibility index (Phi) is 9.80. The summed E-state index contributed by atoms with van der Waals surface area (Å²) in [5.74, 6) is -1.65. The van der Waals surface area contributed by atoms with Gasteiger partial charge in [-0.05, 0) is 67.8 Å². The summed E-state index contributed by atoms with van der Waals surface area (Å²) in [5.41, 5.74) is 6.55. The number of morpholine rings is 1. The molecule has 0 saturated carbocycles. The highest BCUT2D eigenvalue weighted by Crippen LogP contribution is 2.27. The van der Waals surface area contributed by atoms with Crippen LogP contribution in [0.25, 0.3) is 6.08 Å². The Morgan fingerprint density at radius 3 is 2.64 bits per heavy atom. The topological polar surface area (TPSA) is 142 Å². The number of nitrogens with zero attached hydrogens (tertiary/aromatic N) is 2. The summed E-state index contributed by atoms with van der Waals surface area (Å²) in [6, 6.07) is 9.87. The summed E-state index contributed by atoms with van der Waals surface area (Å²) in [6.45, 7) is 4.77. The molecule has 2 amide bonds. The van der Waals surface area contributed by atoms with Gasteiger partial charge in [0, 0.05) is 23.3 Å². The van der Waals surface area contributed by atoms with Crippen molar-refractivity contribution in [1.29, 1.82) is 0 Å². The molecule has 13 heteroatoms. The maximum atomic E-state index is 14.9. The first-order chi connectivity index (χ1) is 21.1. The van der Waals surface area contributed by atoms with Crippen molar-refractivity contribution in [1.82, 2.24) is 15.2 Å². The fourth-order valence-corrected chi connectivity index (χ4v) is 5.48. The SMILES string of the molecule is CC1=C(N2CCOCC2)N=c2[nH]c(=O)c(C(=O)Nc3cc(C(=O)NC(CCN)c4cccc(Cl)c4)c(F)cc3Cl)cc2=CC1. The molecule has 0 aliphatic carbocycles. The third-order valence-corrected chi connectivity index (χ3v) is 7.94. The van der Waals surface area contributed by atoms with Crippen molar-refractivity contribution in [3.63, 3.8) is 0 Å². The van der Waals surface area contributed by atoms with Gasteiger partial charge in [-0.2, -0.15) is 0 Å². The van der Waals surface area contributed by atoms with E-state index in [0.29, 0.717) is 60.4 Å². The van der Waals surface area contributed by atoms with E-state index in [2.05, 4.69) is 20.5 Å². The summed E-state index contributed by atoms with van der Waals surface area (Å²) in [4.78, 5) is 49.1. The number of aromatic amines is 1. The first kappa shape index (κ1) is 31.4. The summed E-state index contributed by atoms with van der Waals surface area (Å²) in [5, 5.41) is 6.23. The zero-order valence-corrected chi connectivity index (χ0v) is 25.4. The van der Waals surface area contributed by atoms with Crippen molar-refractivity contribution in [2.45, 2.75) is 25.8 Å². The molecular weight excluding hydrogens is 610 g/mol. The van der Waals surface area contributed by atoms with E-state index >= 15 is 0 Å². The second kappa shape index (κ2) is 13.7. The third kappa shape index (κ3) is 7.02. The molecule has 1 fully saturated rings. The molecule has 2 aliphatic heterocycles. The van der Waals surface area contributed by atoms with Gasteiger partial charge in [-0.25, -0.2) is 9.38 Å². The molecule has 0 spiro atoms. The van der Waals surface area contributed by atoms with E-state index in [1.807, 2.05) is 13.0 Å². The van der Waals surface area contributed by atoms with Gasteiger partial charge < -0.3 is 31.0 Å². The van der Waals surface area contributed by atoms with Crippen LogP contribution in [-0.2, 0) is 4.74 Å². The van der Waals surface area contributed by atoms with Gasteiger partial charge in [-0.3, -0.25) is 14.4 Å². The van der Waals surface area contributed by atoms with Crippen LogP contribution in [0, 0.1) is 5.82 Å². The van der Waals surface area contributed by atoms with Crippen molar-refractivity contribution in [3.05, 3.63) is 107 Å². The van der Waals surface area contributed by atoms with Gasteiger partial charge in [-0.1, -0.05) is 41.4 Å². The lowest BCUT2D eigenvalue weighted by molar-refractivity contribution is 0.0523. The number of hydrogen-bond acceptors (Lipinski definition) is 7. The van der Waals surface area contributed by atoms with E-state index in [1.54, 1.807) is 24.3 Å². The predicted octanol–water partition coefficient (Wildman–Crippen LogP) is 3.26. The number of ether oxygens (including phenoxy) is 1. The van der Waals surface area contributed by atoms with Gasteiger partial charge in [0.15, 0.2) is 0 Å². The quantitative estimate of drug-likeness (QED) is 0.298. The van der Waals surface area contributed by atoms with E-state index in [1.165, 1.54) is 6.07 Å². The number of rotatable bonds is 8. The van der Waals surface area contributed by atoms with Crippen molar-refractivity contribution in [2.24, 2.45) is 10.7 Å². The minimum atomic E-state index is -0.888. The molecule has 0 bridgehead atoms. The monoisotopic (exact) mass is 640 g/mol. The molecular formula is C31H31Cl2FN6O4. The minimum absolute atomic E-state index is 0.0449. The molecule has 1 saturated heterocycles. The molecule has 5 rings (SSSR count). The number of nitrogens with two attached hydrogens (primary N) is 1. The van der Waals surface area contributed by atoms with Crippen LogP contribution in [0.5, 0.6) is 0 Å². The third-order valence-electron chi connectivity index (χ3n) is 7.39. The fourth-order valence-electron chi connectivity index (χ4n) is 5.08. The Balaban J connectivity index is 1.40. The van der Waals surface area contributed by atoms with Gasteiger partial charge in [0.25, 0.3) is 17.4 Å². The Labute approximate surface area is 262 Å². The number of amides is 2. The van der Waals surface area contributed by atoms with Crippen LogP contribution in [0.3, 0.4) is 0 Å². The molecule has 3 aromatic rings. The zero-order valence-electron chi connectivity index (χ0n) is 23.9. The van der Waals surface area contributed by atoms with E-state index < -0.39 is 29.2 Å². The summed E-state index contributed by atoms with van der Waals surface area (Å²) in [6.07, 6.45) is 2.83. The summed E-state index contributed by atoms with van der Waals surface area (Å²) in [7, 11) is 0. The molecule has 2 aliphatic rings. The van der Waals surface area contributed by atoms with Crippen LogP contribution in [-0.4, -0.2) is 54.5 Å². The fraction of sp³-hybridized carbons (Fsp3) is 0.290. The highest BCUT2D eigenvalue weighted by atomic mass is 35.5. The Bertz CT molecular complexity index is 1820. The first-order valence-corrected chi connectivity index (χ1v) is 14.8. The van der Waals surface area contributed by atoms with Crippen LogP contribution < -0.4 is 32.6 Å². The normalized spacial score (nSPS) is 15.4. The molecule has 44 heavy (non-hydrogen) atoms. The molecule has 0 radical (unpaired) electrons. The summed E-state index contributed by atoms with van der Waals surface area (Å²) < 4.78 is 20.4. The van der Waals surface area contributed by atoms with E-state index in [-0.39, 0.29) is 28.4 Å². The number of carbonyl (C=O) groups excluding carboxylic acids is 2. The number of pyridine rings is 1. The highest BCUT2D eigenvalue weighted by Gasteiger charge is 2.22. The average molecular weight is 642 g/mol. The molecule has 230 valence electrons. The molecule has 3 heterocycles. The van der Waals surface area contributed by atoms with Crippen LogP contribution >= 0.6 is 23.2 Å². The van der Waals surface area contributed by atoms with Crippen LogP contribution in [0.2, 0.25) is 10.0 Å². The van der Waals surface area contributed by atoms with Crippen LogP contribution in [0.4, 0.5) is 10.1 Å². The lowest BCUT2D eigenvalue weighted by atomic mass is 10.0. The number of halogens is 3. The van der Waals surface area contributed by atoms with E-state index in [4.69, 9.17) is 38.7 Å². The molecule has 10 nitrogen and oxygen atoms in total. The minimum Gasteiger partial charge on any atom is -0.378 e. The Hall–Kier alpha value is -4.03. The Morgan fingerprint density at radius 1 is 1.14 bits per heavy atom. The van der Waals surface area contributed by atoms with Crippen molar-refractivity contribution < 1.29 is 18.7 Å². The van der Waals surface area contributed by atoms with E-state index in [0.717, 1.165) is 23.5 Å². The van der Waals surface area contributed by atoms with E-state index in [9.17, 15) is 18.8 Å². The number of H-pyrrole nitrogens is 1. The number of anilines is 1. The highest BCUT2D eigenvalue weighted by molar-refractivity contribution is 6.34. The number of hydrogen-bond donors (Lipinski definition) is 4. The number of nitrogens with one attached hydrogen (secondary N) is 3. The number of carbonyl (C=O) groups is 2. The zero-order chi connectivity index (χ0) is 31.4. The first-order valence-electron chi connectivity index (χ1n) is 14.1. The lowest BCUT2D eigenvalue weighted by Crippen LogP contribution is -2.40. The summed E-state index contributed by atoms with van der Waals surface area (Å²) >= 11 is 12.4. The van der Waals surface area contributed by atoms with Gasteiger partial charge in [0.05, 0.1) is 35.5 Å². The molecule has 5 N–H and O–H groups in total. The largest absolute Gasteiger partial charge is 0.378 e. The molecule has 2 aromatic carbocycles. The van der Waals surface area contributed by atoms with Gasteiger partial charge in [-0.15, -0.1) is 0 Å². The van der Waals surface area contributed by atoms with Gasteiger partial charge >= 0.3 is 0 Å². The number of fused-ring (bicyclic) bond motifs is 1. The average Bonchev–Trinajstić information content (AvgIpc) is 3.16.